The van der Waals surface area contributed by atoms with Crippen molar-refractivity contribution in [1.82, 2.24) is 0 Å². The number of hydrogen-bond acceptors (Lipinski definition) is 4. The van der Waals surface area contributed by atoms with Crippen LogP contribution < -0.4 is 0 Å². The summed E-state index contributed by atoms with van der Waals surface area (Å²) in [5, 5.41) is 23.9. The van der Waals surface area contributed by atoms with Gasteiger partial charge >= 0.3 is 0 Å². The number of ketones is 1. The largest absolute Gasteiger partial charge is 0.392 e. The van der Waals surface area contributed by atoms with E-state index >= 15 is 0 Å². The summed E-state index contributed by atoms with van der Waals surface area (Å²) >= 11 is 0. The van der Waals surface area contributed by atoms with Crippen LogP contribution in [0.5, 0.6) is 0 Å². The lowest BCUT2D eigenvalue weighted by Crippen LogP contribution is -1.94. The quantitative estimate of drug-likeness (QED) is 0.659. The van der Waals surface area contributed by atoms with Gasteiger partial charge in [-0.15, -0.1) is 0 Å². The number of aliphatic hydroxyl groups excluding tert-OH is 1. The van der Waals surface area contributed by atoms with Gasteiger partial charge < -0.3 is 5.11 Å². The van der Waals surface area contributed by atoms with Gasteiger partial charge in [-0.2, -0.15) is 10.5 Å². The van der Waals surface area contributed by atoms with Crippen molar-refractivity contribution in [3.05, 3.63) is 0 Å². The van der Waals surface area contributed by atoms with Crippen molar-refractivity contribution in [3.8, 4) is 12.1 Å². The molecule has 1 unspecified atom stereocenters. The number of aliphatic hydroxyl groups is 1. The minimum Gasteiger partial charge on any atom is -0.392 e. The van der Waals surface area contributed by atoms with Gasteiger partial charge in [-0.05, 0) is 13.8 Å². The Morgan fingerprint density at radius 2 is 2.00 bits per heavy atom. The lowest BCUT2D eigenvalue weighted by molar-refractivity contribution is -0.116. The summed E-state index contributed by atoms with van der Waals surface area (Å²) in [7, 11) is 0. The molecule has 0 bridgehead atoms. The predicted octanol–water partition coefficient (Wildman–Crippen LogP) is 0.770. The number of carbonyl (C=O) groups excluding carboxylic acids is 1. The summed E-state index contributed by atoms with van der Waals surface area (Å²) in [6.45, 7) is 2.98. The van der Waals surface area contributed by atoms with Crippen LogP contribution in [0.4, 0.5) is 0 Å². The van der Waals surface area contributed by atoms with E-state index in [9.17, 15) is 4.79 Å². The van der Waals surface area contributed by atoms with E-state index in [1.165, 1.54) is 6.92 Å². The van der Waals surface area contributed by atoms with E-state index in [4.69, 9.17) is 15.6 Å². The zero-order valence-corrected chi connectivity index (χ0v) is 7.24. The molecule has 0 aliphatic heterocycles. The topological polar surface area (TPSA) is 84.9 Å². The van der Waals surface area contributed by atoms with Crippen LogP contribution in [0.25, 0.3) is 0 Å². The van der Waals surface area contributed by atoms with Gasteiger partial charge in [0, 0.05) is 0 Å². The molecule has 1 atom stereocenters. The van der Waals surface area contributed by atoms with Gasteiger partial charge in [-0.1, -0.05) is 0 Å². The Balaban J connectivity index is 0. The third-order valence-electron chi connectivity index (χ3n) is 0.715. The van der Waals surface area contributed by atoms with Crippen LogP contribution >= 0.6 is 0 Å². The fourth-order valence-electron chi connectivity index (χ4n) is 0.243. The Hall–Kier alpha value is -1.39. The molecule has 0 fully saturated rings. The van der Waals surface area contributed by atoms with Crippen molar-refractivity contribution in [2.45, 2.75) is 32.8 Å². The minimum absolute atomic E-state index is 0.0417. The van der Waals surface area contributed by atoms with E-state index < -0.39 is 6.10 Å². The molecule has 0 spiro atoms. The highest BCUT2D eigenvalue weighted by Crippen LogP contribution is 1.82. The summed E-state index contributed by atoms with van der Waals surface area (Å²) in [5.74, 6) is -0.0718. The van der Waals surface area contributed by atoms with E-state index in [1.54, 1.807) is 13.0 Å². The second kappa shape index (κ2) is 9.61. The van der Waals surface area contributed by atoms with Gasteiger partial charge in [0.05, 0.1) is 31.1 Å². The third kappa shape index (κ3) is 23.5. The van der Waals surface area contributed by atoms with Crippen molar-refractivity contribution in [3.63, 3.8) is 0 Å². The lowest BCUT2D eigenvalue weighted by Gasteiger charge is -1.88. The van der Waals surface area contributed by atoms with Crippen LogP contribution in [-0.2, 0) is 4.79 Å². The maximum atomic E-state index is 9.82. The molecule has 12 heavy (non-hydrogen) atoms. The SMILES string of the molecule is CC(=O)CC#N.CC(O)CC#N. The number of carbonyl (C=O) groups is 1. The second-order valence-corrected chi connectivity index (χ2v) is 2.25. The Bertz CT molecular complexity index is 198. The maximum Gasteiger partial charge on any atom is 0.143 e. The molecule has 0 radical (unpaired) electrons. The molecule has 0 heterocycles. The highest BCUT2D eigenvalue weighted by molar-refractivity contribution is 5.77. The van der Waals surface area contributed by atoms with E-state index in [1.807, 2.05) is 6.07 Å². The van der Waals surface area contributed by atoms with E-state index in [0.717, 1.165) is 0 Å². The average molecular weight is 168 g/mol. The molecule has 0 aromatic rings. The average Bonchev–Trinajstić information content (AvgIpc) is 1.87. The molecule has 0 aromatic carbocycles. The highest BCUT2D eigenvalue weighted by Gasteiger charge is 1.87. The van der Waals surface area contributed by atoms with E-state index in [2.05, 4.69) is 0 Å². The molecule has 0 rings (SSSR count). The first-order chi connectivity index (χ1) is 5.54. The van der Waals surface area contributed by atoms with Gasteiger partial charge in [0.1, 0.15) is 5.78 Å². The zero-order valence-electron chi connectivity index (χ0n) is 7.24. The summed E-state index contributed by atoms with van der Waals surface area (Å²) < 4.78 is 0. The number of nitriles is 2. The number of rotatable bonds is 2. The molecule has 0 aromatic heterocycles. The highest BCUT2D eigenvalue weighted by atomic mass is 16.3. The van der Waals surface area contributed by atoms with Crippen molar-refractivity contribution in [2.75, 3.05) is 0 Å². The summed E-state index contributed by atoms with van der Waals surface area (Å²) in [4.78, 5) is 9.82. The van der Waals surface area contributed by atoms with Crippen molar-refractivity contribution in [1.29, 1.82) is 10.5 Å². The van der Waals surface area contributed by atoms with Crippen LogP contribution in [-0.4, -0.2) is 17.0 Å². The minimum atomic E-state index is -0.463. The third-order valence-corrected chi connectivity index (χ3v) is 0.715. The van der Waals surface area contributed by atoms with Crippen molar-refractivity contribution < 1.29 is 9.90 Å². The Kier molecular flexibility index (Phi) is 10.6. The molecular formula is C8H12N2O2. The summed E-state index contributed by atoms with van der Waals surface area (Å²) in [5.41, 5.74) is 0. The molecule has 0 amide bonds. The molecule has 4 nitrogen and oxygen atoms in total. The summed E-state index contributed by atoms with van der Waals surface area (Å²) in [6, 6.07) is 3.53. The van der Waals surface area contributed by atoms with Gasteiger partial charge in [-0.3, -0.25) is 4.79 Å². The predicted molar refractivity (Wildman–Crippen MR) is 42.8 cm³/mol. The molecule has 1 N–H and O–H groups in total. The normalized spacial score (nSPS) is 9.75. The Labute approximate surface area is 72.0 Å². The molecule has 0 saturated carbocycles. The van der Waals surface area contributed by atoms with Crippen LogP contribution in [0.3, 0.4) is 0 Å². The van der Waals surface area contributed by atoms with Crippen LogP contribution in [0.1, 0.15) is 26.7 Å². The number of Topliss-reactive ketones (excluding diaryl/α,β-unsaturated/α-hetero) is 1. The Morgan fingerprint density at radius 3 is 2.00 bits per heavy atom. The van der Waals surface area contributed by atoms with Crippen LogP contribution in [0.15, 0.2) is 0 Å². The first-order valence-corrected chi connectivity index (χ1v) is 3.46. The molecule has 66 valence electrons. The second-order valence-electron chi connectivity index (χ2n) is 2.25. The monoisotopic (exact) mass is 168 g/mol. The van der Waals surface area contributed by atoms with Crippen LogP contribution in [0, 0.1) is 22.7 Å². The van der Waals surface area contributed by atoms with Gasteiger partial charge in [0.25, 0.3) is 0 Å². The Morgan fingerprint density at radius 1 is 1.50 bits per heavy atom. The van der Waals surface area contributed by atoms with Crippen LogP contribution in [0.2, 0.25) is 0 Å². The smallest absolute Gasteiger partial charge is 0.143 e. The molecule has 0 saturated heterocycles. The standard InChI is InChI=1S/C4H7NO.C4H5NO/c2*1-4(6)2-3-5/h4,6H,2H2,1H3;2H2,1H3. The molecular weight excluding hydrogens is 156 g/mol. The van der Waals surface area contributed by atoms with Gasteiger partial charge in [0.15, 0.2) is 0 Å². The van der Waals surface area contributed by atoms with Crippen molar-refractivity contribution in [2.24, 2.45) is 0 Å². The number of nitrogens with zero attached hydrogens (tertiary/aromatic N) is 2. The van der Waals surface area contributed by atoms with Gasteiger partial charge in [-0.25, -0.2) is 0 Å². The maximum absolute atomic E-state index is 9.82. The zero-order chi connectivity index (χ0) is 9.98. The molecule has 0 aliphatic carbocycles. The number of hydrogen-bond donors (Lipinski definition) is 1. The fraction of sp³-hybridized carbons (Fsp3) is 0.625. The van der Waals surface area contributed by atoms with Crippen molar-refractivity contribution >= 4 is 5.78 Å². The van der Waals surface area contributed by atoms with Gasteiger partial charge in [0.2, 0.25) is 0 Å². The first kappa shape index (κ1) is 13.2. The lowest BCUT2D eigenvalue weighted by atomic mass is 10.3. The fourth-order valence-corrected chi connectivity index (χ4v) is 0.243. The van der Waals surface area contributed by atoms with E-state index in [0.29, 0.717) is 0 Å². The van der Waals surface area contributed by atoms with E-state index in [-0.39, 0.29) is 18.6 Å². The molecule has 4 heteroatoms. The molecule has 0 aliphatic rings. The summed E-state index contributed by atoms with van der Waals surface area (Å²) in [6.07, 6.45) is -0.185. The first-order valence-electron chi connectivity index (χ1n) is 3.46.